The minimum atomic E-state index is -0.667. The number of aliphatic hydroxyl groups is 3. The molecule has 1 saturated heterocycles. The molecule has 0 unspecified atom stereocenters. The number of aliphatic hydroxyl groups excluding tert-OH is 3. The van der Waals surface area contributed by atoms with Crippen molar-refractivity contribution in [2.75, 3.05) is 33.0 Å². The highest BCUT2D eigenvalue weighted by atomic mass is 16.6. The molecule has 0 bridgehead atoms. The number of carbonyl (C=O) groups excluding carboxylic acids is 2. The van der Waals surface area contributed by atoms with E-state index >= 15 is 0 Å². The lowest BCUT2D eigenvalue weighted by molar-refractivity contribution is -0.174. The van der Waals surface area contributed by atoms with Crippen LogP contribution in [0.5, 0.6) is 0 Å². The molecule has 1 rings (SSSR count). The van der Waals surface area contributed by atoms with Gasteiger partial charge in [-0.1, -0.05) is 6.92 Å². The first-order valence-corrected chi connectivity index (χ1v) is 5.17. The molecule has 0 aromatic rings. The van der Waals surface area contributed by atoms with Crippen molar-refractivity contribution in [3.05, 3.63) is 0 Å². The Hall–Kier alpha value is -1.18. The van der Waals surface area contributed by atoms with E-state index < -0.39 is 17.4 Å². The van der Waals surface area contributed by atoms with Crippen LogP contribution in [0.2, 0.25) is 0 Å². The molecule has 17 heavy (non-hydrogen) atoms. The zero-order valence-electron chi connectivity index (χ0n) is 9.72. The Morgan fingerprint density at radius 2 is 1.35 bits per heavy atom. The summed E-state index contributed by atoms with van der Waals surface area (Å²) in [6, 6.07) is 0. The largest absolute Gasteiger partial charge is 0.451 e. The number of esters is 2. The third kappa shape index (κ3) is 5.62. The molecule has 0 aromatic carbocycles. The summed E-state index contributed by atoms with van der Waals surface area (Å²) in [6.45, 7) is 0.879. The van der Waals surface area contributed by atoms with E-state index in [9.17, 15) is 9.59 Å². The van der Waals surface area contributed by atoms with Crippen LogP contribution in [0.25, 0.3) is 0 Å². The Balaban J connectivity index is 0.000000302. The van der Waals surface area contributed by atoms with Gasteiger partial charge >= 0.3 is 11.9 Å². The van der Waals surface area contributed by atoms with E-state index in [1.165, 1.54) is 0 Å². The second-order valence-corrected chi connectivity index (χ2v) is 3.65. The first kappa shape index (κ1) is 15.8. The van der Waals surface area contributed by atoms with Crippen LogP contribution >= 0.6 is 0 Å². The SMILES string of the molecule is CCC(CO)(CO)CO.O=C1COC(=O)CO1. The van der Waals surface area contributed by atoms with Gasteiger partial charge in [0.2, 0.25) is 0 Å². The molecule has 1 heterocycles. The first-order valence-electron chi connectivity index (χ1n) is 5.17. The highest BCUT2D eigenvalue weighted by Gasteiger charge is 2.24. The summed E-state index contributed by atoms with van der Waals surface area (Å²) in [5, 5.41) is 26.0. The van der Waals surface area contributed by atoms with Gasteiger partial charge in [0.05, 0.1) is 19.8 Å². The molecular weight excluding hydrogens is 232 g/mol. The van der Waals surface area contributed by atoms with E-state index in [-0.39, 0.29) is 33.0 Å². The van der Waals surface area contributed by atoms with Crippen LogP contribution in [0.4, 0.5) is 0 Å². The van der Waals surface area contributed by atoms with Gasteiger partial charge in [0.15, 0.2) is 13.2 Å². The number of rotatable bonds is 4. The fourth-order valence-corrected chi connectivity index (χ4v) is 0.848. The Bertz CT molecular complexity index is 202. The lowest BCUT2D eigenvalue weighted by atomic mass is 9.88. The lowest BCUT2D eigenvalue weighted by Crippen LogP contribution is -2.32. The molecule has 7 heteroatoms. The molecule has 7 nitrogen and oxygen atoms in total. The number of cyclic esters (lactones) is 2. The van der Waals surface area contributed by atoms with E-state index in [1.807, 2.05) is 6.92 Å². The molecule has 3 N–H and O–H groups in total. The van der Waals surface area contributed by atoms with Gasteiger partial charge in [0.1, 0.15) is 0 Å². The van der Waals surface area contributed by atoms with E-state index in [0.717, 1.165) is 0 Å². The second kappa shape index (κ2) is 7.99. The molecule has 1 aliphatic rings. The normalized spacial score (nSPS) is 15.5. The van der Waals surface area contributed by atoms with Gasteiger partial charge in [0, 0.05) is 5.41 Å². The quantitative estimate of drug-likeness (QED) is 0.517. The molecule has 0 radical (unpaired) electrons. The van der Waals surface area contributed by atoms with Crippen LogP contribution in [0, 0.1) is 5.41 Å². The predicted molar refractivity (Wildman–Crippen MR) is 55.9 cm³/mol. The summed E-state index contributed by atoms with van der Waals surface area (Å²) in [5.74, 6) is -0.964. The van der Waals surface area contributed by atoms with Gasteiger partial charge in [-0.05, 0) is 6.42 Å². The maximum absolute atomic E-state index is 10.1. The van der Waals surface area contributed by atoms with Crippen LogP contribution in [0.3, 0.4) is 0 Å². The van der Waals surface area contributed by atoms with Gasteiger partial charge < -0.3 is 24.8 Å². The summed E-state index contributed by atoms with van der Waals surface area (Å²) in [4.78, 5) is 20.2. The van der Waals surface area contributed by atoms with Gasteiger partial charge in [-0.2, -0.15) is 0 Å². The van der Waals surface area contributed by atoms with Crippen molar-refractivity contribution < 1.29 is 34.4 Å². The zero-order chi connectivity index (χ0) is 13.3. The van der Waals surface area contributed by atoms with E-state index in [4.69, 9.17) is 15.3 Å². The second-order valence-electron chi connectivity index (χ2n) is 3.65. The fourth-order valence-electron chi connectivity index (χ4n) is 0.848. The summed E-state index contributed by atoms with van der Waals surface area (Å²) in [6.07, 6.45) is 0.594. The maximum Gasteiger partial charge on any atom is 0.344 e. The average molecular weight is 250 g/mol. The Labute approximate surface area is 99.0 Å². The van der Waals surface area contributed by atoms with Gasteiger partial charge in [0.25, 0.3) is 0 Å². The molecule has 100 valence electrons. The molecule has 0 aromatic heterocycles. The highest BCUT2D eigenvalue weighted by Crippen LogP contribution is 2.18. The van der Waals surface area contributed by atoms with Crippen molar-refractivity contribution in [3.8, 4) is 0 Å². The summed E-state index contributed by atoms with van der Waals surface area (Å²) in [7, 11) is 0. The molecule has 0 amide bonds. The van der Waals surface area contributed by atoms with E-state index in [2.05, 4.69) is 9.47 Å². The first-order chi connectivity index (χ1) is 8.03. The number of ether oxygens (including phenoxy) is 2. The third-order valence-corrected chi connectivity index (χ3v) is 2.46. The third-order valence-electron chi connectivity index (χ3n) is 2.46. The summed E-state index contributed by atoms with van der Waals surface area (Å²) in [5.41, 5.74) is -0.667. The van der Waals surface area contributed by atoms with Crippen molar-refractivity contribution in [1.29, 1.82) is 0 Å². The van der Waals surface area contributed by atoms with Crippen molar-refractivity contribution >= 4 is 11.9 Å². The van der Waals surface area contributed by atoms with Gasteiger partial charge in [-0.25, -0.2) is 9.59 Å². The zero-order valence-corrected chi connectivity index (χ0v) is 9.72. The highest BCUT2D eigenvalue weighted by molar-refractivity contribution is 5.82. The van der Waals surface area contributed by atoms with Crippen LogP contribution in [0.1, 0.15) is 13.3 Å². The average Bonchev–Trinajstić information content (AvgIpc) is 2.37. The van der Waals surface area contributed by atoms with Crippen LogP contribution in [-0.2, 0) is 19.1 Å². The maximum atomic E-state index is 10.1. The fraction of sp³-hybridized carbons (Fsp3) is 0.800. The molecule has 0 saturated carbocycles. The predicted octanol–water partition coefficient (Wildman–Crippen LogP) is -1.55. The van der Waals surface area contributed by atoms with Crippen LogP contribution in [0.15, 0.2) is 0 Å². The van der Waals surface area contributed by atoms with Crippen LogP contribution in [-0.4, -0.2) is 60.3 Å². The van der Waals surface area contributed by atoms with Gasteiger partial charge in [-0.15, -0.1) is 0 Å². The topological polar surface area (TPSA) is 113 Å². The number of carbonyl (C=O) groups is 2. The molecule has 0 aliphatic carbocycles. The standard InChI is InChI=1S/C6H14O3.C4H4O4/c1-2-6(3-7,4-8)5-9;5-3-1-7-4(6)2-8-3/h7-9H,2-5H2,1H3;1-2H2. The van der Waals surface area contributed by atoms with Crippen molar-refractivity contribution in [2.45, 2.75) is 13.3 Å². The summed E-state index contributed by atoms with van der Waals surface area (Å²) >= 11 is 0. The smallest absolute Gasteiger partial charge is 0.344 e. The Morgan fingerprint density at radius 1 is 1.00 bits per heavy atom. The molecule has 1 fully saturated rings. The molecule has 1 aliphatic heterocycles. The molecular formula is C10H18O7. The van der Waals surface area contributed by atoms with Crippen molar-refractivity contribution in [2.24, 2.45) is 5.41 Å². The Kier molecular flexibility index (Phi) is 7.44. The molecule has 0 atom stereocenters. The lowest BCUT2D eigenvalue weighted by Gasteiger charge is -2.24. The van der Waals surface area contributed by atoms with E-state index in [1.54, 1.807) is 0 Å². The molecule has 0 spiro atoms. The number of hydrogen-bond donors (Lipinski definition) is 3. The Morgan fingerprint density at radius 3 is 1.47 bits per heavy atom. The number of hydrogen-bond acceptors (Lipinski definition) is 7. The van der Waals surface area contributed by atoms with Crippen molar-refractivity contribution in [1.82, 2.24) is 0 Å². The minimum absolute atomic E-state index is 0.156. The van der Waals surface area contributed by atoms with Gasteiger partial charge in [-0.3, -0.25) is 0 Å². The summed E-state index contributed by atoms with van der Waals surface area (Å²) < 4.78 is 8.55. The van der Waals surface area contributed by atoms with Crippen LogP contribution < -0.4 is 0 Å². The monoisotopic (exact) mass is 250 g/mol. The minimum Gasteiger partial charge on any atom is -0.451 e. The van der Waals surface area contributed by atoms with E-state index in [0.29, 0.717) is 6.42 Å². The van der Waals surface area contributed by atoms with Crippen molar-refractivity contribution in [3.63, 3.8) is 0 Å².